The molecule has 2 N–H and O–H groups in total. The van der Waals surface area contributed by atoms with E-state index in [-0.39, 0.29) is 6.09 Å². The molecule has 126 valence electrons. The van der Waals surface area contributed by atoms with Crippen molar-refractivity contribution in [1.29, 1.82) is 0 Å². The Kier molecular flexibility index (Phi) is 6.22. The summed E-state index contributed by atoms with van der Waals surface area (Å²) in [6.07, 6.45) is 6.24. The molecule has 4 heteroatoms. The van der Waals surface area contributed by atoms with Crippen LogP contribution in [0.2, 0.25) is 0 Å². The van der Waals surface area contributed by atoms with Crippen LogP contribution in [0.4, 0.5) is 4.79 Å². The van der Waals surface area contributed by atoms with Gasteiger partial charge in [-0.25, -0.2) is 4.79 Å². The zero-order valence-electron chi connectivity index (χ0n) is 14.4. The summed E-state index contributed by atoms with van der Waals surface area (Å²) in [5, 5.41) is 6.08. The molecule has 4 nitrogen and oxygen atoms in total. The van der Waals surface area contributed by atoms with Gasteiger partial charge in [-0.3, -0.25) is 0 Å². The maximum atomic E-state index is 11.4. The Balaban J connectivity index is 1.58. The standard InChI is InChI=1S/C19H28N2O2/c1-19(2,3)23-18(22)21-12-5-4-11-20-14-15-7-6-8-17(13-15)16-9-10-16/h4-8,13,16,20H,9-12,14H2,1-3H3,(H,21,22)/b5-4+. The molecule has 1 aromatic carbocycles. The van der Waals surface area contributed by atoms with Gasteiger partial charge in [0.25, 0.3) is 0 Å². The second kappa shape index (κ2) is 8.16. The van der Waals surface area contributed by atoms with Gasteiger partial charge in [-0.1, -0.05) is 36.4 Å². The Morgan fingerprint density at radius 3 is 2.70 bits per heavy atom. The van der Waals surface area contributed by atoms with Crippen molar-refractivity contribution in [2.24, 2.45) is 0 Å². The van der Waals surface area contributed by atoms with E-state index in [1.165, 1.54) is 24.0 Å². The average molecular weight is 316 g/mol. The van der Waals surface area contributed by atoms with Crippen LogP contribution in [0, 0.1) is 0 Å². The maximum Gasteiger partial charge on any atom is 0.407 e. The lowest BCUT2D eigenvalue weighted by Crippen LogP contribution is -2.32. The molecular formula is C19H28N2O2. The number of carbonyl (C=O) groups excluding carboxylic acids is 1. The summed E-state index contributed by atoms with van der Waals surface area (Å²) in [5.41, 5.74) is 2.35. The summed E-state index contributed by atoms with van der Waals surface area (Å²) < 4.78 is 5.16. The van der Waals surface area contributed by atoms with Crippen LogP contribution in [0.3, 0.4) is 0 Å². The van der Waals surface area contributed by atoms with Gasteiger partial charge in [0.05, 0.1) is 0 Å². The second-order valence-corrected chi connectivity index (χ2v) is 7.00. The van der Waals surface area contributed by atoms with Gasteiger partial charge in [0.1, 0.15) is 5.60 Å². The van der Waals surface area contributed by atoms with Gasteiger partial charge >= 0.3 is 6.09 Å². The number of rotatable bonds is 7. The highest BCUT2D eigenvalue weighted by Crippen LogP contribution is 2.40. The fourth-order valence-corrected chi connectivity index (χ4v) is 2.30. The van der Waals surface area contributed by atoms with Gasteiger partial charge < -0.3 is 15.4 Å². The van der Waals surface area contributed by atoms with Gasteiger partial charge in [-0.05, 0) is 50.7 Å². The zero-order valence-corrected chi connectivity index (χ0v) is 14.4. The SMILES string of the molecule is CC(C)(C)OC(=O)NC/C=C/CNCc1cccc(C2CC2)c1. The maximum absolute atomic E-state index is 11.4. The quantitative estimate of drug-likeness (QED) is 0.595. The highest BCUT2D eigenvalue weighted by Gasteiger charge is 2.23. The Hall–Kier alpha value is -1.81. The van der Waals surface area contributed by atoms with Gasteiger partial charge in [0.15, 0.2) is 0 Å². The normalized spacial score (nSPS) is 14.9. The first-order valence-electron chi connectivity index (χ1n) is 8.35. The lowest BCUT2D eigenvalue weighted by molar-refractivity contribution is 0.0534. The van der Waals surface area contributed by atoms with Crippen molar-refractivity contribution in [3.05, 3.63) is 47.5 Å². The van der Waals surface area contributed by atoms with Gasteiger partial charge in [0, 0.05) is 19.6 Å². The summed E-state index contributed by atoms with van der Waals surface area (Å²) in [6.45, 7) is 7.68. The molecule has 1 amide bonds. The van der Waals surface area contributed by atoms with E-state index in [9.17, 15) is 4.79 Å². The van der Waals surface area contributed by atoms with Crippen molar-refractivity contribution in [1.82, 2.24) is 10.6 Å². The molecule has 0 heterocycles. The zero-order chi connectivity index (χ0) is 16.7. The lowest BCUT2D eigenvalue weighted by atomic mass is 10.1. The lowest BCUT2D eigenvalue weighted by Gasteiger charge is -2.19. The molecule has 1 aromatic rings. The third kappa shape index (κ3) is 7.33. The van der Waals surface area contributed by atoms with Crippen LogP contribution in [0.5, 0.6) is 0 Å². The van der Waals surface area contributed by atoms with Crippen LogP contribution in [0.15, 0.2) is 36.4 Å². The monoisotopic (exact) mass is 316 g/mol. The average Bonchev–Trinajstić information content (AvgIpc) is 3.29. The fraction of sp³-hybridized carbons (Fsp3) is 0.526. The molecule has 23 heavy (non-hydrogen) atoms. The van der Waals surface area contributed by atoms with Crippen LogP contribution in [0.1, 0.15) is 50.7 Å². The second-order valence-electron chi connectivity index (χ2n) is 7.00. The summed E-state index contributed by atoms with van der Waals surface area (Å²) in [5.74, 6) is 0.800. The number of alkyl carbamates (subject to hydrolysis) is 1. The Morgan fingerprint density at radius 2 is 2.00 bits per heavy atom. The summed E-state index contributed by atoms with van der Waals surface area (Å²) >= 11 is 0. The predicted molar refractivity (Wildman–Crippen MR) is 93.5 cm³/mol. The molecule has 1 saturated carbocycles. The van der Waals surface area contributed by atoms with Crippen LogP contribution in [0.25, 0.3) is 0 Å². The van der Waals surface area contributed by atoms with Crippen molar-refractivity contribution in [3.8, 4) is 0 Å². The minimum absolute atomic E-state index is 0.382. The van der Waals surface area contributed by atoms with E-state index in [2.05, 4.69) is 34.9 Å². The van der Waals surface area contributed by atoms with Crippen molar-refractivity contribution >= 4 is 6.09 Å². The number of carbonyl (C=O) groups is 1. The number of amides is 1. The summed E-state index contributed by atoms with van der Waals surface area (Å²) in [6, 6.07) is 8.83. The molecule has 0 unspecified atom stereocenters. The van der Waals surface area contributed by atoms with E-state index in [0.29, 0.717) is 6.54 Å². The molecule has 1 aliphatic rings. The van der Waals surface area contributed by atoms with Crippen LogP contribution >= 0.6 is 0 Å². The molecule has 0 radical (unpaired) electrons. The minimum atomic E-state index is -0.454. The predicted octanol–water partition coefficient (Wildman–Crippen LogP) is 3.73. The Labute approximate surface area is 139 Å². The van der Waals surface area contributed by atoms with Gasteiger partial charge in [0.2, 0.25) is 0 Å². The topological polar surface area (TPSA) is 50.4 Å². The molecular weight excluding hydrogens is 288 g/mol. The number of benzene rings is 1. The van der Waals surface area contributed by atoms with Gasteiger partial charge in [-0.15, -0.1) is 0 Å². The molecule has 0 saturated heterocycles. The first-order chi connectivity index (χ1) is 10.9. The van der Waals surface area contributed by atoms with E-state index in [4.69, 9.17) is 4.74 Å². The molecule has 2 rings (SSSR count). The van der Waals surface area contributed by atoms with Crippen molar-refractivity contribution in [3.63, 3.8) is 0 Å². The third-order valence-corrected chi connectivity index (χ3v) is 3.52. The number of hydrogen-bond donors (Lipinski definition) is 2. The first kappa shape index (κ1) is 17.5. The Bertz CT molecular complexity index is 543. The van der Waals surface area contributed by atoms with E-state index in [1.807, 2.05) is 32.9 Å². The first-order valence-corrected chi connectivity index (χ1v) is 8.35. The molecule has 1 fully saturated rings. The molecule has 1 aliphatic carbocycles. The van der Waals surface area contributed by atoms with Crippen LogP contribution in [-0.4, -0.2) is 24.8 Å². The molecule has 0 aromatic heterocycles. The summed E-state index contributed by atoms with van der Waals surface area (Å²) in [4.78, 5) is 11.4. The van der Waals surface area contributed by atoms with Gasteiger partial charge in [-0.2, -0.15) is 0 Å². The fourth-order valence-electron chi connectivity index (χ4n) is 2.30. The van der Waals surface area contributed by atoms with Crippen molar-refractivity contribution in [2.75, 3.05) is 13.1 Å². The van der Waals surface area contributed by atoms with E-state index in [1.54, 1.807) is 0 Å². The number of hydrogen-bond acceptors (Lipinski definition) is 3. The smallest absolute Gasteiger partial charge is 0.407 e. The van der Waals surface area contributed by atoms with Crippen molar-refractivity contribution < 1.29 is 9.53 Å². The minimum Gasteiger partial charge on any atom is -0.444 e. The third-order valence-electron chi connectivity index (χ3n) is 3.52. The molecule has 0 spiro atoms. The highest BCUT2D eigenvalue weighted by molar-refractivity contribution is 5.67. The molecule has 0 atom stereocenters. The van der Waals surface area contributed by atoms with Crippen molar-refractivity contribution in [2.45, 2.75) is 51.7 Å². The van der Waals surface area contributed by atoms with Crippen LogP contribution in [-0.2, 0) is 11.3 Å². The number of nitrogens with one attached hydrogen (secondary N) is 2. The Morgan fingerprint density at radius 1 is 1.26 bits per heavy atom. The van der Waals surface area contributed by atoms with E-state index < -0.39 is 5.60 Å². The van der Waals surface area contributed by atoms with E-state index >= 15 is 0 Å². The highest BCUT2D eigenvalue weighted by atomic mass is 16.6. The number of ether oxygens (including phenoxy) is 1. The largest absolute Gasteiger partial charge is 0.444 e. The van der Waals surface area contributed by atoms with Crippen LogP contribution < -0.4 is 10.6 Å². The molecule has 0 aliphatic heterocycles. The summed E-state index contributed by atoms with van der Waals surface area (Å²) in [7, 11) is 0. The molecule has 0 bridgehead atoms. The van der Waals surface area contributed by atoms with E-state index in [0.717, 1.165) is 19.0 Å².